The van der Waals surface area contributed by atoms with Crippen LogP contribution in [0.2, 0.25) is 10.0 Å². The van der Waals surface area contributed by atoms with Crippen LogP contribution in [0.5, 0.6) is 11.5 Å². The summed E-state index contributed by atoms with van der Waals surface area (Å²) in [6.45, 7) is 0. The molecule has 29 heavy (non-hydrogen) atoms. The minimum atomic E-state index is -0.950. The van der Waals surface area contributed by atoms with E-state index < -0.39 is 11.8 Å². The van der Waals surface area contributed by atoms with E-state index in [0.717, 1.165) is 0 Å². The number of hydrazone groups is 1. The molecule has 0 saturated carbocycles. The van der Waals surface area contributed by atoms with Gasteiger partial charge in [0.1, 0.15) is 11.5 Å². The highest BCUT2D eigenvalue weighted by molar-refractivity contribution is 6.42. The molecule has 0 atom stereocenters. The molecular weight excluding hydrogens is 413 g/mol. The molecule has 0 aromatic heterocycles. The van der Waals surface area contributed by atoms with Crippen LogP contribution < -0.4 is 15.5 Å². The first kappa shape index (κ1) is 20.4. The van der Waals surface area contributed by atoms with Crippen LogP contribution in [0.15, 0.2) is 77.9 Å². The monoisotopic (exact) mass is 427 g/mol. The zero-order valence-corrected chi connectivity index (χ0v) is 16.4. The molecule has 0 aliphatic rings. The fourth-order valence-electron chi connectivity index (χ4n) is 2.27. The van der Waals surface area contributed by atoms with Crippen molar-refractivity contribution < 1.29 is 14.3 Å². The predicted octanol–water partition coefficient (Wildman–Crippen LogP) is 4.87. The van der Waals surface area contributed by atoms with E-state index >= 15 is 0 Å². The van der Waals surface area contributed by atoms with Crippen molar-refractivity contribution in [2.45, 2.75) is 0 Å². The molecule has 6 nitrogen and oxygen atoms in total. The van der Waals surface area contributed by atoms with Crippen molar-refractivity contribution in [3.8, 4) is 11.5 Å². The van der Waals surface area contributed by atoms with Gasteiger partial charge in [0.2, 0.25) is 0 Å². The summed E-state index contributed by atoms with van der Waals surface area (Å²) in [5.41, 5.74) is 3.06. The van der Waals surface area contributed by atoms with Gasteiger partial charge in [0.25, 0.3) is 0 Å². The molecule has 0 heterocycles. The molecule has 3 rings (SSSR count). The SMILES string of the molecule is O=C(NN=Cc1cccc(Oc2ccccc2)c1)C(=O)Nc1cc(Cl)ccc1Cl. The third kappa shape index (κ3) is 6.07. The van der Waals surface area contributed by atoms with Crippen molar-refractivity contribution in [3.05, 3.63) is 88.4 Å². The summed E-state index contributed by atoms with van der Waals surface area (Å²) in [4.78, 5) is 23.9. The lowest BCUT2D eigenvalue weighted by molar-refractivity contribution is -0.136. The van der Waals surface area contributed by atoms with E-state index in [0.29, 0.717) is 22.1 Å². The summed E-state index contributed by atoms with van der Waals surface area (Å²) in [6.07, 6.45) is 1.40. The van der Waals surface area contributed by atoms with E-state index in [2.05, 4.69) is 15.8 Å². The van der Waals surface area contributed by atoms with E-state index in [1.165, 1.54) is 18.3 Å². The van der Waals surface area contributed by atoms with Crippen molar-refractivity contribution in [2.24, 2.45) is 5.10 Å². The van der Waals surface area contributed by atoms with Crippen LogP contribution >= 0.6 is 23.2 Å². The summed E-state index contributed by atoms with van der Waals surface area (Å²) < 4.78 is 5.74. The van der Waals surface area contributed by atoms with Gasteiger partial charge in [-0.05, 0) is 48.0 Å². The van der Waals surface area contributed by atoms with E-state index in [1.807, 2.05) is 30.3 Å². The number of carbonyl (C=O) groups excluding carboxylic acids is 2. The standard InChI is InChI=1S/C21H15Cl2N3O3/c22-15-9-10-18(23)19(12-15)25-20(27)21(28)26-24-13-14-5-4-8-17(11-14)29-16-6-2-1-3-7-16/h1-13H,(H,25,27)(H,26,28). The predicted molar refractivity (Wildman–Crippen MR) is 114 cm³/mol. The zero-order chi connectivity index (χ0) is 20.6. The molecule has 8 heteroatoms. The molecule has 0 bridgehead atoms. The lowest BCUT2D eigenvalue weighted by Crippen LogP contribution is -2.32. The number of benzene rings is 3. The van der Waals surface area contributed by atoms with Crippen molar-refractivity contribution >= 4 is 46.9 Å². The topological polar surface area (TPSA) is 79.8 Å². The Balaban J connectivity index is 1.57. The summed E-state index contributed by atoms with van der Waals surface area (Å²) >= 11 is 11.8. The first-order valence-corrected chi connectivity index (χ1v) is 9.19. The number of para-hydroxylation sites is 1. The molecule has 3 aromatic carbocycles. The third-order valence-corrected chi connectivity index (χ3v) is 4.16. The number of nitrogens with zero attached hydrogens (tertiary/aromatic N) is 1. The highest BCUT2D eigenvalue weighted by Crippen LogP contribution is 2.25. The average Bonchev–Trinajstić information content (AvgIpc) is 2.71. The van der Waals surface area contributed by atoms with Crippen LogP contribution in [0.3, 0.4) is 0 Å². The van der Waals surface area contributed by atoms with Gasteiger partial charge in [-0.15, -0.1) is 0 Å². The summed E-state index contributed by atoms with van der Waals surface area (Å²) in [5, 5.41) is 6.80. The number of ether oxygens (including phenoxy) is 1. The molecule has 146 valence electrons. The Bertz CT molecular complexity index is 1060. The maximum absolute atomic E-state index is 12.0. The first-order chi connectivity index (χ1) is 14.0. The number of hydrogen-bond acceptors (Lipinski definition) is 4. The van der Waals surface area contributed by atoms with Crippen LogP contribution in [0.25, 0.3) is 0 Å². The normalized spacial score (nSPS) is 10.6. The number of hydrogen-bond donors (Lipinski definition) is 2. The van der Waals surface area contributed by atoms with Crippen LogP contribution in [0.1, 0.15) is 5.56 Å². The van der Waals surface area contributed by atoms with Gasteiger partial charge in [0.05, 0.1) is 16.9 Å². The second-order valence-corrected chi connectivity index (χ2v) is 6.61. The lowest BCUT2D eigenvalue weighted by Gasteiger charge is -2.07. The van der Waals surface area contributed by atoms with Crippen molar-refractivity contribution in [1.29, 1.82) is 0 Å². The minimum absolute atomic E-state index is 0.231. The molecular formula is C21H15Cl2N3O3. The Labute approximate surface area is 177 Å². The van der Waals surface area contributed by atoms with Crippen molar-refractivity contribution in [2.75, 3.05) is 5.32 Å². The van der Waals surface area contributed by atoms with Gasteiger partial charge >= 0.3 is 11.8 Å². The van der Waals surface area contributed by atoms with Gasteiger partial charge in [0.15, 0.2) is 0 Å². The largest absolute Gasteiger partial charge is 0.457 e. The Morgan fingerprint density at radius 2 is 1.62 bits per heavy atom. The Morgan fingerprint density at radius 1 is 0.862 bits per heavy atom. The van der Waals surface area contributed by atoms with Crippen LogP contribution in [0.4, 0.5) is 5.69 Å². The number of halogens is 2. The quantitative estimate of drug-likeness (QED) is 0.346. The molecule has 0 spiro atoms. The Hall–Kier alpha value is -3.35. The average molecular weight is 428 g/mol. The molecule has 0 fully saturated rings. The fourth-order valence-corrected chi connectivity index (χ4v) is 2.61. The van der Waals surface area contributed by atoms with Gasteiger partial charge in [-0.2, -0.15) is 5.10 Å². The summed E-state index contributed by atoms with van der Waals surface area (Å²) in [5.74, 6) is -0.562. The molecule has 0 aliphatic heterocycles. The van der Waals surface area contributed by atoms with Crippen LogP contribution in [-0.2, 0) is 9.59 Å². The van der Waals surface area contributed by atoms with E-state index in [1.54, 1.807) is 30.3 Å². The lowest BCUT2D eigenvalue weighted by atomic mass is 10.2. The maximum Gasteiger partial charge on any atom is 0.329 e. The zero-order valence-electron chi connectivity index (χ0n) is 14.9. The smallest absolute Gasteiger partial charge is 0.329 e. The molecule has 3 aromatic rings. The summed E-state index contributed by atoms with van der Waals surface area (Å²) in [7, 11) is 0. The fraction of sp³-hybridized carbons (Fsp3) is 0. The van der Waals surface area contributed by atoms with Crippen molar-refractivity contribution in [3.63, 3.8) is 0 Å². The minimum Gasteiger partial charge on any atom is -0.457 e. The van der Waals surface area contributed by atoms with E-state index in [9.17, 15) is 9.59 Å². The van der Waals surface area contributed by atoms with Gasteiger partial charge in [-0.25, -0.2) is 5.43 Å². The Morgan fingerprint density at radius 3 is 2.41 bits per heavy atom. The first-order valence-electron chi connectivity index (χ1n) is 8.44. The van der Waals surface area contributed by atoms with Gasteiger partial charge in [-0.1, -0.05) is 53.5 Å². The second-order valence-electron chi connectivity index (χ2n) is 5.77. The molecule has 0 saturated heterocycles. The Kier molecular flexibility index (Phi) is 6.84. The molecule has 0 unspecified atom stereocenters. The van der Waals surface area contributed by atoms with Crippen LogP contribution in [-0.4, -0.2) is 18.0 Å². The number of carbonyl (C=O) groups is 2. The molecule has 0 aliphatic carbocycles. The van der Waals surface area contributed by atoms with Crippen LogP contribution in [0, 0.1) is 0 Å². The molecule has 2 amide bonds. The summed E-state index contributed by atoms with van der Waals surface area (Å²) in [6, 6.07) is 21.0. The molecule has 0 radical (unpaired) electrons. The van der Waals surface area contributed by atoms with E-state index in [-0.39, 0.29) is 10.7 Å². The van der Waals surface area contributed by atoms with Gasteiger partial charge in [-0.3, -0.25) is 9.59 Å². The highest BCUT2D eigenvalue weighted by Gasteiger charge is 2.14. The number of rotatable bonds is 5. The maximum atomic E-state index is 12.0. The third-order valence-electron chi connectivity index (χ3n) is 3.60. The number of anilines is 1. The van der Waals surface area contributed by atoms with Gasteiger partial charge < -0.3 is 10.1 Å². The molecule has 2 N–H and O–H groups in total. The number of nitrogens with one attached hydrogen (secondary N) is 2. The van der Waals surface area contributed by atoms with E-state index in [4.69, 9.17) is 27.9 Å². The highest BCUT2D eigenvalue weighted by atomic mass is 35.5. The second kappa shape index (κ2) is 9.73. The van der Waals surface area contributed by atoms with Crippen molar-refractivity contribution in [1.82, 2.24) is 5.43 Å². The van der Waals surface area contributed by atoms with Gasteiger partial charge in [0, 0.05) is 5.02 Å². The number of amides is 2.